The van der Waals surface area contributed by atoms with Crippen molar-refractivity contribution in [1.82, 2.24) is 0 Å². The molecular weight excluding hydrogens is 237 g/mol. The molecule has 0 bridgehead atoms. The monoisotopic (exact) mass is 255 g/mol. The lowest BCUT2D eigenvalue weighted by molar-refractivity contribution is 0.129. The van der Waals surface area contributed by atoms with Gasteiger partial charge in [0.15, 0.2) is 0 Å². The Morgan fingerprint density at radius 2 is 2.35 bits per heavy atom. The number of thioether (sulfide) groups is 1. The van der Waals surface area contributed by atoms with Crippen LogP contribution >= 0.6 is 11.8 Å². The van der Waals surface area contributed by atoms with E-state index in [2.05, 4.69) is 0 Å². The molecule has 4 heteroatoms. The molecule has 0 spiro atoms. The van der Waals surface area contributed by atoms with Gasteiger partial charge in [-0.2, -0.15) is 11.8 Å². The molecule has 1 aromatic rings. The van der Waals surface area contributed by atoms with Gasteiger partial charge in [0, 0.05) is 30.2 Å². The molecule has 0 radical (unpaired) electrons. The summed E-state index contributed by atoms with van der Waals surface area (Å²) in [5, 5.41) is 0. The second-order valence-electron chi connectivity index (χ2n) is 4.28. The first-order valence-electron chi connectivity index (χ1n) is 5.96. The van der Waals surface area contributed by atoms with Crippen molar-refractivity contribution in [3.8, 4) is 0 Å². The van der Waals surface area contributed by atoms with Crippen molar-refractivity contribution in [2.24, 2.45) is 5.73 Å². The highest BCUT2D eigenvalue weighted by Gasteiger charge is 2.15. The van der Waals surface area contributed by atoms with Crippen molar-refractivity contribution < 1.29 is 9.13 Å². The molecule has 1 aliphatic rings. The van der Waals surface area contributed by atoms with E-state index in [4.69, 9.17) is 10.5 Å². The first-order valence-corrected chi connectivity index (χ1v) is 7.12. The molecule has 1 aromatic carbocycles. The SMILES string of the molecule is NCc1cc(CSCC2CCCO2)ccc1F. The van der Waals surface area contributed by atoms with E-state index in [1.807, 2.05) is 23.9 Å². The summed E-state index contributed by atoms with van der Waals surface area (Å²) in [6.07, 6.45) is 2.76. The van der Waals surface area contributed by atoms with Crippen LogP contribution in [0.15, 0.2) is 18.2 Å². The first kappa shape index (κ1) is 12.9. The summed E-state index contributed by atoms with van der Waals surface area (Å²) in [5.41, 5.74) is 7.21. The minimum Gasteiger partial charge on any atom is -0.377 e. The number of ether oxygens (including phenoxy) is 1. The standard InChI is InChI=1S/C13H18FNOS/c14-13-4-3-10(6-11(13)7-15)8-17-9-12-2-1-5-16-12/h3-4,6,12H,1-2,5,7-9,15H2. The Bertz CT molecular complexity index is 366. The summed E-state index contributed by atoms with van der Waals surface area (Å²) in [7, 11) is 0. The van der Waals surface area contributed by atoms with Gasteiger partial charge in [0.05, 0.1) is 6.10 Å². The fourth-order valence-corrected chi connectivity index (χ4v) is 3.02. The molecule has 2 rings (SSSR count). The van der Waals surface area contributed by atoms with Crippen LogP contribution in [0.4, 0.5) is 4.39 Å². The lowest BCUT2D eigenvalue weighted by atomic mass is 10.1. The van der Waals surface area contributed by atoms with Crippen LogP contribution in [0.1, 0.15) is 24.0 Å². The van der Waals surface area contributed by atoms with Crippen molar-refractivity contribution in [3.05, 3.63) is 35.1 Å². The van der Waals surface area contributed by atoms with E-state index in [-0.39, 0.29) is 12.4 Å². The third kappa shape index (κ3) is 3.69. The largest absolute Gasteiger partial charge is 0.377 e. The van der Waals surface area contributed by atoms with Gasteiger partial charge < -0.3 is 10.5 Å². The zero-order valence-corrected chi connectivity index (χ0v) is 10.6. The maximum atomic E-state index is 13.2. The van der Waals surface area contributed by atoms with Gasteiger partial charge in [-0.3, -0.25) is 0 Å². The Labute approximate surface area is 106 Å². The van der Waals surface area contributed by atoms with Gasteiger partial charge in [-0.05, 0) is 24.5 Å². The molecule has 17 heavy (non-hydrogen) atoms. The van der Waals surface area contributed by atoms with Gasteiger partial charge in [0.1, 0.15) is 5.82 Å². The first-order chi connectivity index (χ1) is 8.29. The lowest BCUT2D eigenvalue weighted by Crippen LogP contribution is -2.08. The van der Waals surface area contributed by atoms with Crippen LogP contribution in [0.5, 0.6) is 0 Å². The highest BCUT2D eigenvalue weighted by Crippen LogP contribution is 2.21. The molecule has 0 saturated carbocycles. The highest BCUT2D eigenvalue weighted by atomic mass is 32.2. The van der Waals surface area contributed by atoms with Crippen LogP contribution in [0.25, 0.3) is 0 Å². The smallest absolute Gasteiger partial charge is 0.127 e. The summed E-state index contributed by atoms with van der Waals surface area (Å²) < 4.78 is 18.8. The third-order valence-corrected chi connectivity index (χ3v) is 4.07. The van der Waals surface area contributed by atoms with E-state index in [1.165, 1.54) is 18.9 Å². The molecule has 1 aliphatic heterocycles. The lowest BCUT2D eigenvalue weighted by Gasteiger charge is -2.09. The average molecular weight is 255 g/mol. The number of rotatable bonds is 5. The van der Waals surface area contributed by atoms with Crippen molar-refractivity contribution in [3.63, 3.8) is 0 Å². The maximum absolute atomic E-state index is 13.2. The Balaban J connectivity index is 1.81. The van der Waals surface area contributed by atoms with Gasteiger partial charge in [-0.1, -0.05) is 12.1 Å². The second-order valence-corrected chi connectivity index (χ2v) is 5.31. The van der Waals surface area contributed by atoms with Gasteiger partial charge in [-0.25, -0.2) is 4.39 Å². The van der Waals surface area contributed by atoms with E-state index in [1.54, 1.807) is 0 Å². The van der Waals surface area contributed by atoms with E-state index in [0.29, 0.717) is 11.7 Å². The molecule has 0 amide bonds. The minimum absolute atomic E-state index is 0.208. The van der Waals surface area contributed by atoms with Crippen molar-refractivity contribution >= 4 is 11.8 Å². The number of nitrogens with two attached hydrogens (primary N) is 1. The van der Waals surface area contributed by atoms with Gasteiger partial charge in [0.2, 0.25) is 0 Å². The van der Waals surface area contributed by atoms with E-state index in [0.717, 1.165) is 23.7 Å². The summed E-state index contributed by atoms with van der Waals surface area (Å²) in [5.74, 6) is 1.71. The predicted molar refractivity (Wildman–Crippen MR) is 69.4 cm³/mol. The van der Waals surface area contributed by atoms with Crippen LogP contribution < -0.4 is 5.73 Å². The number of hydrogen-bond acceptors (Lipinski definition) is 3. The highest BCUT2D eigenvalue weighted by molar-refractivity contribution is 7.98. The molecule has 1 saturated heterocycles. The number of halogens is 1. The normalized spacial score (nSPS) is 19.8. The molecular formula is C13H18FNOS. The zero-order chi connectivity index (χ0) is 12.1. The van der Waals surface area contributed by atoms with Crippen molar-refractivity contribution in [1.29, 1.82) is 0 Å². The Kier molecular flexibility index (Phi) is 4.83. The molecule has 2 N–H and O–H groups in total. The maximum Gasteiger partial charge on any atom is 0.127 e. The third-order valence-electron chi connectivity index (χ3n) is 2.93. The molecule has 94 valence electrons. The van der Waals surface area contributed by atoms with Crippen LogP contribution in [0.2, 0.25) is 0 Å². The van der Waals surface area contributed by atoms with Gasteiger partial charge >= 0.3 is 0 Å². The fourth-order valence-electron chi connectivity index (χ4n) is 1.96. The molecule has 1 atom stereocenters. The van der Waals surface area contributed by atoms with Crippen LogP contribution in [-0.4, -0.2) is 18.5 Å². The van der Waals surface area contributed by atoms with Gasteiger partial charge in [-0.15, -0.1) is 0 Å². The molecule has 2 nitrogen and oxygen atoms in total. The Morgan fingerprint density at radius 3 is 3.06 bits per heavy atom. The fraction of sp³-hybridized carbons (Fsp3) is 0.538. The zero-order valence-electron chi connectivity index (χ0n) is 9.82. The van der Waals surface area contributed by atoms with E-state index in [9.17, 15) is 4.39 Å². The molecule has 1 unspecified atom stereocenters. The van der Waals surface area contributed by atoms with E-state index >= 15 is 0 Å². The summed E-state index contributed by atoms with van der Waals surface area (Å²) in [4.78, 5) is 0. The van der Waals surface area contributed by atoms with Crippen LogP contribution in [0, 0.1) is 5.82 Å². The summed E-state index contributed by atoms with van der Waals surface area (Å²) in [6.45, 7) is 1.16. The summed E-state index contributed by atoms with van der Waals surface area (Å²) >= 11 is 1.84. The minimum atomic E-state index is -0.208. The molecule has 1 heterocycles. The summed E-state index contributed by atoms with van der Waals surface area (Å²) in [6, 6.07) is 5.19. The van der Waals surface area contributed by atoms with Crippen LogP contribution in [0.3, 0.4) is 0 Å². The predicted octanol–water partition coefficient (Wildman–Crippen LogP) is 2.70. The van der Waals surface area contributed by atoms with E-state index < -0.39 is 0 Å². The number of hydrogen-bond donors (Lipinski definition) is 1. The van der Waals surface area contributed by atoms with Gasteiger partial charge in [0.25, 0.3) is 0 Å². The van der Waals surface area contributed by atoms with Crippen LogP contribution in [-0.2, 0) is 17.0 Å². The van der Waals surface area contributed by atoms with Crippen molar-refractivity contribution in [2.45, 2.75) is 31.2 Å². The molecule has 1 fully saturated rings. The Hall–Kier alpha value is -0.580. The van der Waals surface area contributed by atoms with Crippen molar-refractivity contribution in [2.75, 3.05) is 12.4 Å². The number of benzene rings is 1. The average Bonchev–Trinajstić information content (AvgIpc) is 2.84. The Morgan fingerprint density at radius 1 is 1.47 bits per heavy atom. The topological polar surface area (TPSA) is 35.2 Å². The second kappa shape index (κ2) is 6.38. The molecule has 0 aliphatic carbocycles. The molecule has 0 aromatic heterocycles. The quantitative estimate of drug-likeness (QED) is 0.878.